The summed E-state index contributed by atoms with van der Waals surface area (Å²) in [7, 11) is 1.71. The largest absolute Gasteiger partial charge is 0.492 e. The highest BCUT2D eigenvalue weighted by Crippen LogP contribution is 2.26. The topological polar surface area (TPSA) is 30.5 Å². The van der Waals surface area contributed by atoms with E-state index in [1.54, 1.807) is 7.11 Å². The molecule has 0 amide bonds. The summed E-state index contributed by atoms with van der Waals surface area (Å²) in [5.41, 5.74) is 1.24. The maximum atomic E-state index is 5.74. The van der Waals surface area contributed by atoms with Crippen molar-refractivity contribution in [2.75, 3.05) is 38.9 Å². The zero-order valence-electron chi connectivity index (χ0n) is 11.6. The molecule has 0 fully saturated rings. The lowest BCUT2D eigenvalue weighted by Crippen LogP contribution is -2.18. The Morgan fingerprint density at radius 1 is 1.32 bits per heavy atom. The molecule has 0 saturated carbocycles. The molecular weight excluding hydrogens is 326 g/mol. The number of methoxy groups -OCH3 is 1. The zero-order chi connectivity index (χ0) is 13.9. The summed E-state index contributed by atoms with van der Waals surface area (Å²) >= 11 is 5.40. The Labute approximate surface area is 128 Å². The summed E-state index contributed by atoms with van der Waals surface area (Å²) in [5, 5.41) is 3.32. The fourth-order valence-corrected chi connectivity index (χ4v) is 2.51. The maximum Gasteiger partial charge on any atom is 0.133 e. The lowest BCUT2D eigenvalue weighted by molar-refractivity contribution is 0.199. The molecule has 1 rings (SSSR count). The lowest BCUT2D eigenvalue weighted by atomic mass is 10.2. The van der Waals surface area contributed by atoms with E-state index in [1.807, 2.05) is 17.8 Å². The van der Waals surface area contributed by atoms with Gasteiger partial charge in [0.25, 0.3) is 0 Å². The van der Waals surface area contributed by atoms with E-state index in [-0.39, 0.29) is 0 Å². The summed E-state index contributed by atoms with van der Waals surface area (Å²) in [6.07, 6.45) is 3.19. The number of nitrogens with one attached hydrogen (secondary N) is 1. The van der Waals surface area contributed by atoms with Gasteiger partial charge in [-0.15, -0.1) is 0 Å². The van der Waals surface area contributed by atoms with Gasteiger partial charge in [-0.3, -0.25) is 0 Å². The summed E-state index contributed by atoms with van der Waals surface area (Å²) in [6, 6.07) is 6.22. The highest BCUT2D eigenvalue weighted by molar-refractivity contribution is 9.10. The first-order valence-corrected chi connectivity index (χ1v) is 8.56. The van der Waals surface area contributed by atoms with Crippen LogP contribution in [0.1, 0.15) is 12.0 Å². The van der Waals surface area contributed by atoms with E-state index in [4.69, 9.17) is 9.47 Å². The van der Waals surface area contributed by atoms with Crippen molar-refractivity contribution in [2.24, 2.45) is 0 Å². The first-order chi connectivity index (χ1) is 9.27. The molecule has 1 N–H and O–H groups in total. The van der Waals surface area contributed by atoms with Crippen LogP contribution >= 0.6 is 27.7 Å². The number of hydrogen-bond donors (Lipinski definition) is 1. The van der Waals surface area contributed by atoms with E-state index < -0.39 is 0 Å². The van der Waals surface area contributed by atoms with Crippen LogP contribution in [0.5, 0.6) is 5.75 Å². The normalized spacial score (nSPS) is 10.7. The van der Waals surface area contributed by atoms with Crippen LogP contribution in [-0.2, 0) is 11.3 Å². The van der Waals surface area contributed by atoms with Gasteiger partial charge < -0.3 is 14.8 Å². The molecule has 1 aromatic rings. The van der Waals surface area contributed by atoms with Gasteiger partial charge in [0.05, 0.1) is 17.7 Å². The van der Waals surface area contributed by atoms with Crippen LogP contribution in [-0.4, -0.2) is 38.9 Å². The molecule has 19 heavy (non-hydrogen) atoms. The van der Waals surface area contributed by atoms with Crippen molar-refractivity contribution in [1.29, 1.82) is 0 Å². The second-order valence-corrected chi connectivity index (χ2v) is 5.97. The molecule has 0 aliphatic heterocycles. The smallest absolute Gasteiger partial charge is 0.133 e. The number of hydrogen-bond acceptors (Lipinski definition) is 4. The average Bonchev–Trinajstić information content (AvgIpc) is 2.42. The second kappa shape index (κ2) is 10.5. The van der Waals surface area contributed by atoms with Crippen LogP contribution in [0.15, 0.2) is 22.7 Å². The minimum absolute atomic E-state index is 0.734. The molecule has 0 heterocycles. The fourth-order valence-electron chi connectivity index (χ4n) is 1.56. The molecular formula is C14H22BrNO2S. The van der Waals surface area contributed by atoms with Crippen LogP contribution in [0.25, 0.3) is 0 Å². The Morgan fingerprint density at radius 3 is 2.84 bits per heavy atom. The van der Waals surface area contributed by atoms with E-state index in [0.29, 0.717) is 0 Å². The molecule has 5 heteroatoms. The summed E-state index contributed by atoms with van der Waals surface area (Å²) in [4.78, 5) is 0. The number of rotatable bonds is 10. The van der Waals surface area contributed by atoms with Crippen LogP contribution < -0.4 is 10.1 Å². The van der Waals surface area contributed by atoms with Gasteiger partial charge in [-0.25, -0.2) is 0 Å². The third-order valence-corrected chi connectivity index (χ3v) is 3.88. The Kier molecular flexibility index (Phi) is 9.34. The molecule has 0 aliphatic rings. The van der Waals surface area contributed by atoms with Crippen molar-refractivity contribution in [1.82, 2.24) is 5.32 Å². The summed E-state index contributed by atoms with van der Waals surface area (Å²) < 4.78 is 11.7. The molecule has 0 unspecified atom stereocenters. The minimum Gasteiger partial charge on any atom is -0.492 e. The SMILES string of the molecule is COCCNCc1ccc(OCCCSC)c(Br)c1. The monoisotopic (exact) mass is 347 g/mol. The summed E-state index contributed by atoms with van der Waals surface area (Å²) in [5.74, 6) is 2.06. The first-order valence-electron chi connectivity index (χ1n) is 6.37. The van der Waals surface area contributed by atoms with E-state index in [2.05, 4.69) is 39.6 Å². The van der Waals surface area contributed by atoms with Gasteiger partial charge in [0.1, 0.15) is 5.75 Å². The molecule has 0 aromatic heterocycles. The van der Waals surface area contributed by atoms with E-state index in [9.17, 15) is 0 Å². The van der Waals surface area contributed by atoms with Gasteiger partial charge in [0, 0.05) is 20.2 Å². The van der Waals surface area contributed by atoms with Crippen LogP contribution in [0.4, 0.5) is 0 Å². The Bertz CT molecular complexity index is 363. The third kappa shape index (κ3) is 7.20. The Morgan fingerprint density at radius 2 is 2.16 bits per heavy atom. The van der Waals surface area contributed by atoms with Crippen molar-refractivity contribution < 1.29 is 9.47 Å². The van der Waals surface area contributed by atoms with Crippen molar-refractivity contribution in [3.05, 3.63) is 28.2 Å². The van der Waals surface area contributed by atoms with Crippen LogP contribution in [0, 0.1) is 0 Å². The van der Waals surface area contributed by atoms with E-state index in [0.717, 1.165) is 48.7 Å². The highest BCUT2D eigenvalue weighted by Gasteiger charge is 2.02. The average molecular weight is 348 g/mol. The molecule has 108 valence electrons. The Balaban J connectivity index is 2.36. The predicted molar refractivity (Wildman–Crippen MR) is 86.2 cm³/mol. The number of benzene rings is 1. The molecule has 0 bridgehead atoms. The Hall–Kier alpha value is -0.230. The van der Waals surface area contributed by atoms with Gasteiger partial charge in [0.2, 0.25) is 0 Å². The first kappa shape index (κ1) is 16.8. The zero-order valence-corrected chi connectivity index (χ0v) is 14.0. The minimum atomic E-state index is 0.734. The molecule has 0 aliphatic carbocycles. The second-order valence-electron chi connectivity index (χ2n) is 4.13. The molecule has 0 atom stereocenters. The van der Waals surface area contributed by atoms with Gasteiger partial charge >= 0.3 is 0 Å². The molecule has 0 saturated heterocycles. The quantitative estimate of drug-likeness (QED) is 0.657. The van der Waals surface area contributed by atoms with Gasteiger partial charge in [-0.2, -0.15) is 11.8 Å². The highest BCUT2D eigenvalue weighted by atomic mass is 79.9. The lowest BCUT2D eigenvalue weighted by Gasteiger charge is -2.10. The fraction of sp³-hybridized carbons (Fsp3) is 0.571. The number of thioether (sulfide) groups is 1. The van der Waals surface area contributed by atoms with E-state index in [1.165, 1.54) is 5.56 Å². The summed E-state index contributed by atoms with van der Waals surface area (Å²) in [6.45, 7) is 3.21. The van der Waals surface area contributed by atoms with Crippen molar-refractivity contribution in [3.8, 4) is 5.75 Å². The number of ether oxygens (including phenoxy) is 2. The van der Waals surface area contributed by atoms with Crippen molar-refractivity contribution in [3.63, 3.8) is 0 Å². The number of halogens is 1. The van der Waals surface area contributed by atoms with Gasteiger partial charge in [-0.1, -0.05) is 6.07 Å². The molecule has 3 nitrogen and oxygen atoms in total. The maximum absolute atomic E-state index is 5.74. The van der Waals surface area contributed by atoms with Crippen molar-refractivity contribution >= 4 is 27.7 Å². The van der Waals surface area contributed by atoms with Crippen LogP contribution in [0.2, 0.25) is 0 Å². The van der Waals surface area contributed by atoms with E-state index >= 15 is 0 Å². The molecule has 0 radical (unpaired) electrons. The molecule has 0 spiro atoms. The standard InChI is InChI=1S/C14H22BrNO2S/c1-17-8-6-16-11-12-4-5-14(13(15)10-12)18-7-3-9-19-2/h4-5,10,16H,3,6-9,11H2,1-2H3. The van der Waals surface area contributed by atoms with Crippen molar-refractivity contribution in [2.45, 2.75) is 13.0 Å². The third-order valence-electron chi connectivity index (χ3n) is 2.56. The van der Waals surface area contributed by atoms with Gasteiger partial charge in [0.15, 0.2) is 0 Å². The molecule has 1 aromatic carbocycles. The predicted octanol–water partition coefficient (Wildman–Crippen LogP) is 3.32. The van der Waals surface area contributed by atoms with Gasteiger partial charge in [-0.05, 0) is 52.1 Å². The van der Waals surface area contributed by atoms with Crippen LogP contribution in [0.3, 0.4) is 0 Å².